The molecule has 4 aliphatic carbocycles. The van der Waals surface area contributed by atoms with Crippen LogP contribution < -0.4 is 0 Å². The molecule has 2 fully saturated rings. The van der Waals surface area contributed by atoms with Gasteiger partial charge in [0.05, 0.1) is 32.3 Å². The SMILES string of the molecule is CC1=C(/C=C/C(C)=C/C=C/C(C)=C/C=C/C=C(C)/C=C/C=C(C)/C=C/C2=C(C)C(=O)C(OC(=O)CCC(=O)OC3CCCCC3)CC2(C)C)C(C)(C)CC(OC(=O)CCC(=O)OCC2CCCCC2)C1=O. The molecule has 0 bridgehead atoms. The Morgan fingerprint density at radius 1 is 0.493 bits per heavy atom. The van der Waals surface area contributed by atoms with E-state index in [1.165, 1.54) is 19.3 Å². The average Bonchev–Trinajstić information content (AvgIpc) is 3.32. The lowest BCUT2D eigenvalue weighted by molar-refractivity contribution is -0.159. The molecule has 0 aliphatic heterocycles. The van der Waals surface area contributed by atoms with E-state index in [2.05, 4.69) is 0 Å². The number of allylic oxidation sites excluding steroid dienone is 20. The van der Waals surface area contributed by atoms with Crippen molar-refractivity contribution in [3.8, 4) is 0 Å². The van der Waals surface area contributed by atoms with Gasteiger partial charge in [-0.25, -0.2) is 0 Å². The van der Waals surface area contributed by atoms with Crippen LogP contribution in [0, 0.1) is 16.7 Å². The highest BCUT2D eigenvalue weighted by atomic mass is 16.6. The van der Waals surface area contributed by atoms with Gasteiger partial charge in [0.15, 0.2) is 23.8 Å². The predicted molar refractivity (Wildman–Crippen MR) is 282 cm³/mol. The van der Waals surface area contributed by atoms with Crippen molar-refractivity contribution in [1.82, 2.24) is 0 Å². The van der Waals surface area contributed by atoms with Crippen LogP contribution in [0.5, 0.6) is 0 Å². The highest BCUT2D eigenvalue weighted by Gasteiger charge is 2.41. The summed E-state index contributed by atoms with van der Waals surface area (Å²) in [6.07, 6.45) is 37.4. The first-order valence-electron chi connectivity index (χ1n) is 26.0. The molecule has 10 nitrogen and oxygen atoms in total. The van der Waals surface area contributed by atoms with Gasteiger partial charge < -0.3 is 18.9 Å². The number of hydrogen-bond acceptors (Lipinski definition) is 10. The van der Waals surface area contributed by atoms with Crippen LogP contribution in [0.25, 0.3) is 0 Å². The maximum atomic E-state index is 13.3. The highest BCUT2D eigenvalue weighted by molar-refractivity contribution is 6.02. The second-order valence-corrected chi connectivity index (χ2v) is 21.3. The summed E-state index contributed by atoms with van der Waals surface area (Å²) in [6.45, 7) is 20.2. The molecule has 0 spiro atoms. The fourth-order valence-corrected chi connectivity index (χ4v) is 9.67. The monoisotopic (exact) mass is 975 g/mol. The quantitative estimate of drug-likeness (QED) is 0.0620. The van der Waals surface area contributed by atoms with E-state index in [4.69, 9.17) is 18.9 Å². The van der Waals surface area contributed by atoms with Gasteiger partial charge in [0, 0.05) is 12.8 Å². The number of carbonyl (C=O) groups excluding carboxylic acids is 6. The van der Waals surface area contributed by atoms with Crippen molar-refractivity contribution >= 4 is 35.4 Å². The fourth-order valence-electron chi connectivity index (χ4n) is 9.67. The maximum Gasteiger partial charge on any atom is 0.307 e. The second-order valence-electron chi connectivity index (χ2n) is 21.3. The third-order valence-corrected chi connectivity index (χ3v) is 13.9. The van der Waals surface area contributed by atoms with Gasteiger partial charge in [0.25, 0.3) is 0 Å². The summed E-state index contributed by atoms with van der Waals surface area (Å²) in [6, 6.07) is 0. The summed E-state index contributed by atoms with van der Waals surface area (Å²) >= 11 is 0. The van der Waals surface area contributed by atoms with Gasteiger partial charge in [-0.2, -0.15) is 0 Å². The molecular formula is C61H82O10. The zero-order chi connectivity index (χ0) is 52.1. The van der Waals surface area contributed by atoms with E-state index in [1.807, 2.05) is 140 Å². The van der Waals surface area contributed by atoms with Gasteiger partial charge in [-0.05, 0) is 119 Å². The molecule has 10 heteroatoms. The number of Topliss-reactive ketones (excluding diaryl/α,β-unsaturated/α-hetero) is 2. The van der Waals surface area contributed by atoms with Gasteiger partial charge in [0.1, 0.15) is 6.10 Å². The van der Waals surface area contributed by atoms with Crippen LogP contribution in [-0.4, -0.2) is 60.4 Å². The van der Waals surface area contributed by atoms with Crippen LogP contribution in [0.1, 0.15) is 172 Å². The Bertz CT molecular complexity index is 2280. The molecule has 0 saturated heterocycles. The minimum absolute atomic E-state index is 0.0491. The molecule has 0 aromatic carbocycles. The summed E-state index contributed by atoms with van der Waals surface area (Å²) in [4.78, 5) is 76.5. The van der Waals surface area contributed by atoms with Crippen LogP contribution in [0.3, 0.4) is 0 Å². The van der Waals surface area contributed by atoms with Gasteiger partial charge in [-0.15, -0.1) is 0 Å². The van der Waals surface area contributed by atoms with E-state index in [-0.39, 0.29) is 43.4 Å². The molecule has 0 aromatic rings. The molecule has 0 amide bonds. The largest absolute Gasteiger partial charge is 0.465 e. The molecular weight excluding hydrogens is 893 g/mol. The molecule has 2 saturated carbocycles. The predicted octanol–water partition coefficient (Wildman–Crippen LogP) is 13.6. The minimum atomic E-state index is -0.882. The number of ether oxygens (including phenoxy) is 4. The number of hydrogen-bond donors (Lipinski definition) is 0. The van der Waals surface area contributed by atoms with Crippen molar-refractivity contribution in [2.24, 2.45) is 16.7 Å². The van der Waals surface area contributed by atoms with Crippen molar-refractivity contribution in [3.05, 3.63) is 130 Å². The van der Waals surface area contributed by atoms with Crippen LogP contribution in [0.2, 0.25) is 0 Å². The van der Waals surface area contributed by atoms with Crippen molar-refractivity contribution in [2.45, 2.75) is 190 Å². The molecule has 4 aliphatic rings. The topological polar surface area (TPSA) is 139 Å². The van der Waals surface area contributed by atoms with E-state index in [1.54, 1.807) is 13.8 Å². The van der Waals surface area contributed by atoms with Crippen LogP contribution in [0.15, 0.2) is 130 Å². The lowest BCUT2D eigenvalue weighted by Crippen LogP contribution is -2.39. The van der Waals surface area contributed by atoms with Crippen molar-refractivity contribution in [3.63, 3.8) is 0 Å². The second kappa shape index (κ2) is 28.4. The molecule has 386 valence electrons. The highest BCUT2D eigenvalue weighted by Crippen LogP contribution is 2.42. The zero-order valence-electron chi connectivity index (χ0n) is 44.5. The first-order chi connectivity index (χ1) is 33.6. The van der Waals surface area contributed by atoms with E-state index >= 15 is 0 Å². The molecule has 4 rings (SSSR count). The molecule has 0 N–H and O–H groups in total. The summed E-state index contributed by atoms with van der Waals surface area (Å²) in [5.74, 6) is -1.92. The summed E-state index contributed by atoms with van der Waals surface area (Å²) in [5.41, 5.74) is 6.32. The lowest BCUT2D eigenvalue weighted by Gasteiger charge is -2.36. The van der Waals surface area contributed by atoms with Crippen molar-refractivity contribution in [1.29, 1.82) is 0 Å². The first-order valence-corrected chi connectivity index (χ1v) is 26.0. The number of carbonyl (C=O) groups is 6. The van der Waals surface area contributed by atoms with E-state index in [0.29, 0.717) is 36.5 Å². The summed E-state index contributed by atoms with van der Waals surface area (Å²) in [5, 5.41) is 0. The molecule has 0 radical (unpaired) electrons. The Morgan fingerprint density at radius 2 is 0.859 bits per heavy atom. The summed E-state index contributed by atoms with van der Waals surface area (Å²) in [7, 11) is 0. The molecule has 2 unspecified atom stereocenters. The molecule has 2 atom stereocenters. The molecule has 0 aromatic heterocycles. The standard InChI is InChI=1S/C61H82O10/c1-42(23-19-25-44(3)31-33-50-46(5)58(66)52(39-60(50,7)8)70-56(64)36-35-54(62)68-41-48-27-13-11-14-28-48)21-17-18-22-43(2)24-20-26-45(4)32-34-51-47(6)59(67)53(40-61(51,9)10)71-57(65)38-37-55(63)69-49-29-15-12-16-30-49/h17-26,31-34,48-49,52-53H,11-16,27-30,35-41H2,1-10H3/b18-17+,23-19+,24-20+,33-31+,34-32+,42-21+,43-22+,44-25+,45-26+. The fraction of sp³-hybridized carbons (Fsp3) is 0.541. The van der Waals surface area contributed by atoms with Gasteiger partial charge in [-0.1, -0.05) is 161 Å². The van der Waals surface area contributed by atoms with Crippen molar-refractivity contribution in [2.75, 3.05) is 6.61 Å². The summed E-state index contributed by atoms with van der Waals surface area (Å²) < 4.78 is 22.2. The normalized spacial score (nSPS) is 22.5. The van der Waals surface area contributed by atoms with E-state index in [9.17, 15) is 28.8 Å². The Hall–Kier alpha value is -5.64. The van der Waals surface area contributed by atoms with E-state index in [0.717, 1.165) is 78.4 Å². The van der Waals surface area contributed by atoms with Gasteiger partial charge in [0.2, 0.25) is 0 Å². The van der Waals surface area contributed by atoms with Crippen LogP contribution in [-0.2, 0) is 47.7 Å². The first kappa shape index (κ1) is 57.9. The van der Waals surface area contributed by atoms with Crippen LogP contribution in [0.4, 0.5) is 0 Å². The third kappa shape index (κ3) is 19.8. The third-order valence-electron chi connectivity index (χ3n) is 13.9. The number of ketones is 2. The zero-order valence-corrected chi connectivity index (χ0v) is 44.5. The number of esters is 4. The minimum Gasteiger partial charge on any atom is -0.465 e. The van der Waals surface area contributed by atoms with E-state index < -0.39 is 46.9 Å². The average molecular weight is 975 g/mol. The maximum absolute atomic E-state index is 13.3. The molecule has 71 heavy (non-hydrogen) atoms. The van der Waals surface area contributed by atoms with Gasteiger partial charge >= 0.3 is 23.9 Å². The Kier molecular flexibility index (Phi) is 23.2. The smallest absolute Gasteiger partial charge is 0.307 e. The van der Waals surface area contributed by atoms with Crippen LogP contribution >= 0.6 is 0 Å². The number of rotatable bonds is 21. The van der Waals surface area contributed by atoms with Gasteiger partial charge in [-0.3, -0.25) is 28.8 Å². The van der Waals surface area contributed by atoms with Crippen molar-refractivity contribution < 1.29 is 47.7 Å². The Balaban J connectivity index is 1.21. The Morgan fingerprint density at radius 3 is 1.30 bits per heavy atom. The Labute approximate surface area is 424 Å². The molecule has 0 heterocycles. The lowest BCUT2D eigenvalue weighted by atomic mass is 9.71.